The molecule has 4 heteroatoms. The SMILES string of the molecule is Oc1cc(N(c2ccc(-c3cccc4ccccc34)cc2)c2ccc3oc4ccccc4c3c2)ccc1N(c1ccccc1)c1ccccc1. The highest BCUT2D eigenvalue weighted by molar-refractivity contribution is 6.06. The van der Waals surface area contributed by atoms with E-state index in [1.54, 1.807) is 0 Å². The average Bonchev–Trinajstić information content (AvgIpc) is 3.55. The van der Waals surface area contributed by atoms with Gasteiger partial charge in [0.2, 0.25) is 0 Å². The van der Waals surface area contributed by atoms with E-state index in [1.165, 1.54) is 16.3 Å². The highest BCUT2D eigenvalue weighted by atomic mass is 16.3. The molecule has 1 N–H and O–H groups in total. The van der Waals surface area contributed by atoms with Crippen LogP contribution in [-0.4, -0.2) is 5.11 Å². The van der Waals surface area contributed by atoms with Gasteiger partial charge in [-0.05, 0) is 94.7 Å². The zero-order chi connectivity index (χ0) is 33.4. The minimum Gasteiger partial charge on any atom is -0.506 e. The first-order valence-corrected chi connectivity index (χ1v) is 16.7. The smallest absolute Gasteiger partial charge is 0.141 e. The van der Waals surface area contributed by atoms with Crippen molar-refractivity contribution in [1.82, 2.24) is 0 Å². The molecular weight excluding hydrogens is 613 g/mol. The summed E-state index contributed by atoms with van der Waals surface area (Å²) in [6, 6.07) is 64.2. The first-order valence-electron chi connectivity index (χ1n) is 16.7. The zero-order valence-electron chi connectivity index (χ0n) is 27.1. The van der Waals surface area contributed by atoms with Crippen molar-refractivity contribution in [3.63, 3.8) is 0 Å². The lowest BCUT2D eigenvalue weighted by molar-refractivity contribution is 0.476. The van der Waals surface area contributed by atoms with Crippen molar-refractivity contribution in [2.24, 2.45) is 0 Å². The first kappa shape index (κ1) is 29.4. The number of nitrogens with zero attached hydrogens (tertiary/aromatic N) is 2. The van der Waals surface area contributed by atoms with Crippen LogP contribution in [0.3, 0.4) is 0 Å². The van der Waals surface area contributed by atoms with E-state index >= 15 is 0 Å². The van der Waals surface area contributed by atoms with Crippen molar-refractivity contribution < 1.29 is 9.52 Å². The summed E-state index contributed by atoms with van der Waals surface area (Å²) in [5, 5.41) is 16.4. The molecule has 0 spiro atoms. The molecule has 0 amide bonds. The third-order valence-corrected chi connectivity index (χ3v) is 9.33. The van der Waals surface area contributed by atoms with Crippen LogP contribution < -0.4 is 9.80 Å². The van der Waals surface area contributed by atoms with E-state index in [2.05, 4.69) is 125 Å². The fourth-order valence-electron chi connectivity index (χ4n) is 6.99. The van der Waals surface area contributed by atoms with Gasteiger partial charge >= 0.3 is 0 Å². The van der Waals surface area contributed by atoms with Crippen LogP contribution in [0.1, 0.15) is 0 Å². The molecule has 0 unspecified atom stereocenters. The van der Waals surface area contributed by atoms with Crippen LogP contribution in [0.15, 0.2) is 192 Å². The number of benzene rings is 8. The van der Waals surface area contributed by atoms with Crippen LogP contribution in [0.2, 0.25) is 0 Å². The number of hydrogen-bond donors (Lipinski definition) is 1. The monoisotopic (exact) mass is 644 g/mol. The predicted octanol–water partition coefficient (Wildman–Crippen LogP) is 13.1. The summed E-state index contributed by atoms with van der Waals surface area (Å²) in [5.41, 5.74) is 9.38. The van der Waals surface area contributed by atoms with Crippen molar-refractivity contribution in [2.45, 2.75) is 0 Å². The van der Waals surface area contributed by atoms with Gasteiger partial charge in [-0.25, -0.2) is 0 Å². The van der Waals surface area contributed by atoms with E-state index in [9.17, 15) is 5.11 Å². The van der Waals surface area contributed by atoms with E-state index in [4.69, 9.17) is 4.42 Å². The van der Waals surface area contributed by atoms with E-state index < -0.39 is 0 Å². The Morgan fingerprint density at radius 3 is 1.68 bits per heavy atom. The van der Waals surface area contributed by atoms with Gasteiger partial charge in [0, 0.05) is 45.3 Å². The van der Waals surface area contributed by atoms with Crippen molar-refractivity contribution in [3.8, 4) is 16.9 Å². The summed E-state index contributed by atoms with van der Waals surface area (Å²) in [5.74, 6) is 0.169. The van der Waals surface area contributed by atoms with Gasteiger partial charge in [0.15, 0.2) is 0 Å². The number of hydrogen-bond acceptors (Lipinski definition) is 4. The molecule has 9 aromatic rings. The van der Waals surface area contributed by atoms with Gasteiger partial charge in [0.25, 0.3) is 0 Å². The number of anilines is 6. The molecule has 0 aliphatic rings. The Hall–Kier alpha value is -6.78. The van der Waals surface area contributed by atoms with Crippen molar-refractivity contribution >= 4 is 66.8 Å². The standard InChI is InChI=1S/C46H32N2O2/c49-44-31-38(26-28-43(44)48(34-14-3-1-4-15-34)35-16-5-2-6-17-35)47(37-27-29-46-42(30-37)41-19-9-10-21-45(41)50-46)36-24-22-33(23-25-36)40-20-11-13-32-12-7-8-18-39(32)40/h1-31,49H. The maximum atomic E-state index is 11.8. The highest BCUT2D eigenvalue weighted by Crippen LogP contribution is 2.45. The molecule has 238 valence electrons. The molecule has 0 radical (unpaired) electrons. The number of fused-ring (bicyclic) bond motifs is 4. The molecule has 0 atom stereocenters. The lowest BCUT2D eigenvalue weighted by atomic mass is 9.98. The molecule has 8 aromatic carbocycles. The normalized spacial score (nSPS) is 11.3. The van der Waals surface area contributed by atoms with Crippen molar-refractivity contribution in [2.75, 3.05) is 9.80 Å². The van der Waals surface area contributed by atoms with Gasteiger partial charge in [-0.3, -0.25) is 0 Å². The van der Waals surface area contributed by atoms with E-state index in [1.807, 2.05) is 72.8 Å². The topological polar surface area (TPSA) is 39.9 Å². The summed E-state index contributed by atoms with van der Waals surface area (Å²) in [6.07, 6.45) is 0. The van der Waals surface area contributed by atoms with E-state index in [0.29, 0.717) is 5.69 Å². The Kier molecular flexibility index (Phi) is 7.25. The summed E-state index contributed by atoms with van der Waals surface area (Å²) in [6.45, 7) is 0. The molecule has 0 aliphatic heterocycles. The van der Waals surface area contributed by atoms with Gasteiger partial charge in [-0.2, -0.15) is 0 Å². The molecule has 50 heavy (non-hydrogen) atoms. The average molecular weight is 645 g/mol. The summed E-state index contributed by atoms with van der Waals surface area (Å²) in [4.78, 5) is 4.26. The minimum absolute atomic E-state index is 0.169. The summed E-state index contributed by atoms with van der Waals surface area (Å²) in [7, 11) is 0. The zero-order valence-corrected chi connectivity index (χ0v) is 27.1. The Bertz CT molecular complexity index is 2570. The van der Waals surface area contributed by atoms with Crippen LogP contribution >= 0.6 is 0 Å². The van der Waals surface area contributed by atoms with Crippen LogP contribution in [-0.2, 0) is 0 Å². The lowest BCUT2D eigenvalue weighted by Crippen LogP contribution is -2.12. The number of furan rings is 1. The van der Waals surface area contributed by atoms with Crippen LogP contribution in [0.5, 0.6) is 5.75 Å². The molecule has 0 saturated heterocycles. The number of rotatable bonds is 7. The fourth-order valence-corrected chi connectivity index (χ4v) is 6.99. The minimum atomic E-state index is 0.169. The van der Waals surface area contributed by atoms with Gasteiger partial charge in [-0.1, -0.05) is 109 Å². The molecule has 0 bridgehead atoms. The first-order chi connectivity index (χ1) is 24.7. The molecule has 1 heterocycles. The lowest BCUT2D eigenvalue weighted by Gasteiger charge is -2.29. The quantitative estimate of drug-likeness (QED) is 0.187. The maximum Gasteiger partial charge on any atom is 0.141 e. The van der Waals surface area contributed by atoms with Crippen molar-refractivity contribution in [1.29, 1.82) is 0 Å². The summed E-state index contributed by atoms with van der Waals surface area (Å²) < 4.78 is 6.18. The molecule has 0 aliphatic carbocycles. The second-order valence-electron chi connectivity index (χ2n) is 12.4. The predicted molar refractivity (Wildman–Crippen MR) is 208 cm³/mol. The van der Waals surface area contributed by atoms with E-state index in [0.717, 1.165) is 55.9 Å². The largest absolute Gasteiger partial charge is 0.506 e. The van der Waals surface area contributed by atoms with Gasteiger partial charge in [-0.15, -0.1) is 0 Å². The van der Waals surface area contributed by atoms with Crippen LogP contribution in [0.4, 0.5) is 34.1 Å². The number of phenols is 1. The number of aromatic hydroxyl groups is 1. The van der Waals surface area contributed by atoms with E-state index in [-0.39, 0.29) is 5.75 Å². The molecule has 0 saturated carbocycles. The van der Waals surface area contributed by atoms with Crippen molar-refractivity contribution in [3.05, 3.63) is 188 Å². The summed E-state index contributed by atoms with van der Waals surface area (Å²) >= 11 is 0. The van der Waals surface area contributed by atoms with Gasteiger partial charge in [0.05, 0.1) is 5.69 Å². The molecule has 9 rings (SSSR count). The Morgan fingerprint density at radius 1 is 0.380 bits per heavy atom. The van der Waals surface area contributed by atoms with Crippen LogP contribution in [0, 0.1) is 0 Å². The number of para-hydroxylation sites is 3. The second kappa shape index (κ2) is 12.3. The fraction of sp³-hybridized carbons (Fsp3) is 0. The molecule has 0 fully saturated rings. The van der Waals surface area contributed by atoms with Gasteiger partial charge in [0.1, 0.15) is 16.9 Å². The Morgan fingerprint density at radius 2 is 0.940 bits per heavy atom. The number of phenolic OH excluding ortho intramolecular Hbond substituents is 1. The highest BCUT2D eigenvalue weighted by Gasteiger charge is 2.20. The third kappa shape index (κ3) is 5.20. The van der Waals surface area contributed by atoms with Crippen LogP contribution in [0.25, 0.3) is 43.8 Å². The van der Waals surface area contributed by atoms with Gasteiger partial charge < -0.3 is 19.3 Å². The molecule has 1 aromatic heterocycles. The molecule has 4 nitrogen and oxygen atoms in total. The second-order valence-corrected chi connectivity index (χ2v) is 12.4. The maximum absolute atomic E-state index is 11.8. The molecular formula is C46H32N2O2. The Labute approximate surface area is 290 Å². The third-order valence-electron chi connectivity index (χ3n) is 9.33. The Balaban J connectivity index is 1.19.